The second-order valence-electron chi connectivity index (χ2n) is 6.57. The van der Waals surface area contributed by atoms with E-state index in [1.807, 2.05) is 0 Å². The van der Waals surface area contributed by atoms with Gasteiger partial charge in [0.05, 0.1) is 11.6 Å². The van der Waals surface area contributed by atoms with Gasteiger partial charge in [-0.3, -0.25) is 4.79 Å². The summed E-state index contributed by atoms with van der Waals surface area (Å²) in [5, 5.41) is 7.53. The van der Waals surface area contributed by atoms with Gasteiger partial charge in [0, 0.05) is 47.1 Å². The highest BCUT2D eigenvalue weighted by Crippen LogP contribution is 2.34. The molecule has 1 amide bonds. The van der Waals surface area contributed by atoms with Crippen LogP contribution in [0.4, 0.5) is 18.9 Å². The molecule has 1 aliphatic heterocycles. The van der Waals surface area contributed by atoms with Crippen molar-refractivity contribution in [2.75, 3.05) is 18.4 Å². The molecule has 1 aromatic carbocycles. The van der Waals surface area contributed by atoms with E-state index in [1.165, 1.54) is 30.0 Å². The quantitative estimate of drug-likeness (QED) is 0.452. The summed E-state index contributed by atoms with van der Waals surface area (Å²) in [6, 6.07) is 4.47. The number of amides is 1. The molecule has 1 aromatic heterocycles. The summed E-state index contributed by atoms with van der Waals surface area (Å²) in [4.78, 5) is 19.7. The van der Waals surface area contributed by atoms with Crippen LogP contribution >= 0.6 is 11.6 Å². The number of benzene rings is 1. The number of fused-ring (bicyclic) bond motifs is 1. The smallest absolute Gasteiger partial charge is 0.380 e. The lowest BCUT2D eigenvalue weighted by Gasteiger charge is -2.36. The minimum absolute atomic E-state index is 0.146. The summed E-state index contributed by atoms with van der Waals surface area (Å²) >= 11 is 6.01. The molecule has 1 saturated heterocycles. The normalized spacial score (nSPS) is 20.0. The zero-order valence-electron chi connectivity index (χ0n) is 14.7. The van der Waals surface area contributed by atoms with Crippen LogP contribution in [0.15, 0.2) is 29.4 Å². The number of aromatic nitrogens is 1. The number of nitrogens with zero attached hydrogens (tertiary/aromatic N) is 5. The van der Waals surface area contributed by atoms with Gasteiger partial charge in [-0.1, -0.05) is 16.7 Å². The number of pyridine rings is 1. The van der Waals surface area contributed by atoms with E-state index < -0.39 is 24.0 Å². The Hall–Kier alpha value is -2.71. The summed E-state index contributed by atoms with van der Waals surface area (Å²) in [5.41, 5.74) is 8.02. The molecule has 0 spiro atoms. The standard InChI is InChI=1S/C17H16ClF3N6O/c1-9(28)27-7-11(5-12(8-27)25-26-22)23-15-6-16(17(19,20)21)24-14-3-2-10(18)4-13(14)15/h2-4,6,11-12H,5,7-8H2,1H3,(H,23,24)/t11-,12+/m1/s1. The zero-order valence-corrected chi connectivity index (χ0v) is 15.5. The van der Waals surface area contributed by atoms with Gasteiger partial charge in [-0.05, 0) is 36.2 Å². The topological polar surface area (TPSA) is 94.0 Å². The molecule has 1 aliphatic rings. The molecule has 2 atom stereocenters. The molecule has 2 heterocycles. The average molecular weight is 413 g/mol. The lowest BCUT2D eigenvalue weighted by molar-refractivity contribution is -0.140. The fourth-order valence-electron chi connectivity index (χ4n) is 3.27. The number of carbonyl (C=O) groups is 1. The summed E-state index contributed by atoms with van der Waals surface area (Å²) in [6.45, 7) is 1.94. The lowest BCUT2D eigenvalue weighted by Crippen LogP contribution is -2.49. The van der Waals surface area contributed by atoms with E-state index >= 15 is 0 Å². The molecular formula is C17H16ClF3N6O. The van der Waals surface area contributed by atoms with Gasteiger partial charge in [-0.15, -0.1) is 0 Å². The predicted molar refractivity (Wildman–Crippen MR) is 99.0 cm³/mol. The number of rotatable bonds is 3. The Kier molecular flexibility index (Phi) is 5.53. The van der Waals surface area contributed by atoms with Gasteiger partial charge in [0.2, 0.25) is 5.91 Å². The molecule has 3 rings (SSSR count). The molecule has 0 saturated carbocycles. The second kappa shape index (κ2) is 7.73. The van der Waals surface area contributed by atoms with Gasteiger partial charge in [-0.2, -0.15) is 13.2 Å². The zero-order chi connectivity index (χ0) is 20.5. The molecule has 2 aromatic rings. The van der Waals surface area contributed by atoms with Crippen LogP contribution in [0.5, 0.6) is 0 Å². The summed E-state index contributed by atoms with van der Waals surface area (Å²) in [6.07, 6.45) is -4.24. The number of carbonyl (C=O) groups excluding carboxylic acids is 1. The van der Waals surface area contributed by atoms with E-state index in [0.29, 0.717) is 16.8 Å². The van der Waals surface area contributed by atoms with E-state index in [2.05, 4.69) is 20.3 Å². The first-order valence-electron chi connectivity index (χ1n) is 8.41. The van der Waals surface area contributed by atoms with Gasteiger partial charge < -0.3 is 10.2 Å². The third-order valence-corrected chi connectivity index (χ3v) is 4.74. The van der Waals surface area contributed by atoms with Crippen molar-refractivity contribution in [1.29, 1.82) is 0 Å². The Morgan fingerprint density at radius 3 is 2.79 bits per heavy atom. The summed E-state index contributed by atoms with van der Waals surface area (Å²) in [5.74, 6) is -0.205. The molecular weight excluding hydrogens is 397 g/mol. The Morgan fingerprint density at radius 2 is 2.14 bits per heavy atom. The number of azide groups is 1. The highest BCUT2D eigenvalue weighted by molar-refractivity contribution is 6.31. The van der Waals surface area contributed by atoms with Gasteiger partial charge in [0.15, 0.2) is 0 Å². The maximum atomic E-state index is 13.3. The highest BCUT2D eigenvalue weighted by Gasteiger charge is 2.34. The van der Waals surface area contributed by atoms with E-state index in [9.17, 15) is 18.0 Å². The van der Waals surface area contributed by atoms with Crippen LogP contribution < -0.4 is 5.32 Å². The summed E-state index contributed by atoms with van der Waals surface area (Å²) in [7, 11) is 0. The number of anilines is 1. The lowest BCUT2D eigenvalue weighted by atomic mass is 10.0. The molecule has 0 unspecified atom stereocenters. The van der Waals surface area contributed by atoms with Crippen molar-refractivity contribution in [2.45, 2.75) is 31.6 Å². The molecule has 0 radical (unpaired) electrons. The van der Waals surface area contributed by atoms with E-state index in [0.717, 1.165) is 6.07 Å². The molecule has 1 N–H and O–H groups in total. The molecule has 7 nitrogen and oxygen atoms in total. The third kappa shape index (κ3) is 4.40. The van der Waals surface area contributed by atoms with Crippen molar-refractivity contribution in [1.82, 2.24) is 9.88 Å². The number of alkyl halides is 3. The summed E-state index contributed by atoms with van der Waals surface area (Å²) < 4.78 is 39.8. The predicted octanol–water partition coefficient (Wildman–Crippen LogP) is 4.62. The highest BCUT2D eigenvalue weighted by atomic mass is 35.5. The molecule has 28 heavy (non-hydrogen) atoms. The largest absolute Gasteiger partial charge is 0.433 e. The molecule has 1 fully saturated rings. The van der Waals surface area contributed by atoms with E-state index in [-0.39, 0.29) is 30.2 Å². The number of nitrogens with one attached hydrogen (secondary N) is 1. The van der Waals surface area contributed by atoms with Crippen molar-refractivity contribution in [3.8, 4) is 0 Å². The minimum Gasteiger partial charge on any atom is -0.380 e. The van der Waals surface area contributed by atoms with Crippen molar-refractivity contribution >= 4 is 34.1 Å². The Bertz CT molecular complexity index is 950. The fourth-order valence-corrected chi connectivity index (χ4v) is 3.45. The van der Waals surface area contributed by atoms with Crippen LogP contribution in [0.25, 0.3) is 21.3 Å². The van der Waals surface area contributed by atoms with E-state index in [4.69, 9.17) is 17.1 Å². The van der Waals surface area contributed by atoms with Crippen molar-refractivity contribution < 1.29 is 18.0 Å². The van der Waals surface area contributed by atoms with Crippen LogP contribution in [0, 0.1) is 0 Å². The first-order chi connectivity index (χ1) is 13.2. The molecule has 11 heteroatoms. The molecule has 0 bridgehead atoms. The third-order valence-electron chi connectivity index (χ3n) is 4.51. The maximum Gasteiger partial charge on any atom is 0.433 e. The number of likely N-dealkylation sites (tertiary alicyclic amines) is 1. The Morgan fingerprint density at radius 1 is 1.39 bits per heavy atom. The number of piperidine rings is 1. The number of hydrogen-bond donors (Lipinski definition) is 1. The second-order valence-corrected chi connectivity index (χ2v) is 7.01. The average Bonchev–Trinajstić information content (AvgIpc) is 2.61. The van der Waals surface area contributed by atoms with Crippen LogP contribution in [-0.4, -0.2) is 41.0 Å². The monoisotopic (exact) mass is 412 g/mol. The maximum absolute atomic E-state index is 13.3. The van der Waals surface area contributed by atoms with Crippen LogP contribution in [0.1, 0.15) is 19.0 Å². The number of halogens is 4. The van der Waals surface area contributed by atoms with Crippen LogP contribution in [-0.2, 0) is 11.0 Å². The van der Waals surface area contributed by atoms with Crippen LogP contribution in [0.3, 0.4) is 0 Å². The van der Waals surface area contributed by atoms with Crippen LogP contribution in [0.2, 0.25) is 5.02 Å². The van der Waals surface area contributed by atoms with Gasteiger partial charge >= 0.3 is 6.18 Å². The van der Waals surface area contributed by atoms with Crippen molar-refractivity contribution in [3.05, 3.63) is 45.4 Å². The van der Waals surface area contributed by atoms with E-state index in [1.54, 1.807) is 0 Å². The van der Waals surface area contributed by atoms with Gasteiger partial charge in [0.25, 0.3) is 0 Å². The number of hydrogen-bond acceptors (Lipinski definition) is 4. The Labute approximate surface area is 163 Å². The molecule has 0 aliphatic carbocycles. The Balaban J connectivity index is 2.00. The van der Waals surface area contributed by atoms with Crippen molar-refractivity contribution in [2.24, 2.45) is 5.11 Å². The fraction of sp³-hybridized carbons (Fsp3) is 0.412. The minimum atomic E-state index is -4.62. The SMILES string of the molecule is CC(=O)N1C[C@@H](N=[N+]=[N-])C[C@@H](Nc2cc(C(F)(F)F)nc3ccc(Cl)cc23)C1. The first kappa shape index (κ1) is 20.0. The van der Waals surface area contributed by atoms with Gasteiger partial charge in [0.1, 0.15) is 5.69 Å². The first-order valence-corrected chi connectivity index (χ1v) is 8.79. The van der Waals surface area contributed by atoms with Gasteiger partial charge in [-0.25, -0.2) is 4.98 Å². The van der Waals surface area contributed by atoms with Crippen molar-refractivity contribution in [3.63, 3.8) is 0 Å². The molecule has 148 valence electrons.